The van der Waals surface area contributed by atoms with E-state index in [9.17, 15) is 14.2 Å². The molecule has 2 atom stereocenters. The average Bonchev–Trinajstić information content (AvgIpc) is 3.27. The van der Waals surface area contributed by atoms with Crippen molar-refractivity contribution in [2.75, 3.05) is 23.1 Å². The number of aryl methyl sites for hydroxylation is 2. The highest BCUT2D eigenvalue weighted by atomic mass is 31.2. The molecule has 4 aromatic rings. The first kappa shape index (κ1) is 25.5. The number of imidazole rings is 1. The minimum absolute atomic E-state index is 0.175. The van der Waals surface area contributed by atoms with Crippen molar-refractivity contribution in [3.8, 4) is 11.5 Å². The van der Waals surface area contributed by atoms with Crippen LogP contribution in [-0.2, 0) is 26.8 Å². The van der Waals surface area contributed by atoms with Gasteiger partial charge in [-0.15, -0.1) is 4.67 Å². The van der Waals surface area contributed by atoms with E-state index in [4.69, 9.17) is 9.78 Å². The van der Waals surface area contributed by atoms with Crippen LogP contribution >= 0.6 is 16.1 Å². The van der Waals surface area contributed by atoms with Gasteiger partial charge in [0.1, 0.15) is 11.5 Å². The second kappa shape index (κ2) is 11.5. The number of nitrogens with one attached hydrogen (secondary N) is 2. The van der Waals surface area contributed by atoms with Crippen LogP contribution in [0, 0.1) is 0 Å². The standard InChI is InChI=1S/C22H24N6O6P2/c1-2-23-22-26-20(25-16-6-8-18(9-7-16)33-36(32,34-30)14-35-31)19-21(27-22)28(13-24-19)11-10-15-4-3-5-17(29)12-15/h3-9,12-13,29-30H,2,10-11,14H2,1H3,(H2,23,25,26,27)/p+1. The number of phenols is 1. The lowest BCUT2D eigenvalue weighted by atomic mass is 10.1. The number of aromatic nitrogens is 4. The Morgan fingerprint density at radius 1 is 1.17 bits per heavy atom. The largest absolute Gasteiger partial charge is 0.508 e. The number of rotatable bonds is 12. The van der Waals surface area contributed by atoms with Crippen LogP contribution in [0.5, 0.6) is 11.5 Å². The minimum atomic E-state index is -3.90. The van der Waals surface area contributed by atoms with Crippen LogP contribution in [0.3, 0.4) is 0 Å². The maximum atomic E-state index is 12.2. The molecule has 188 valence electrons. The third-order valence-electron chi connectivity index (χ3n) is 5.09. The Kier molecular flexibility index (Phi) is 8.12. The summed E-state index contributed by atoms with van der Waals surface area (Å²) >= 11 is 0. The zero-order valence-electron chi connectivity index (χ0n) is 19.3. The summed E-state index contributed by atoms with van der Waals surface area (Å²) in [5, 5.41) is 24.9. The predicted molar refractivity (Wildman–Crippen MR) is 137 cm³/mol. The van der Waals surface area contributed by atoms with Crippen LogP contribution < -0.4 is 15.2 Å². The summed E-state index contributed by atoms with van der Waals surface area (Å²) in [5.41, 5.74) is 2.85. The van der Waals surface area contributed by atoms with E-state index < -0.39 is 22.0 Å². The molecule has 0 aliphatic heterocycles. The zero-order chi connectivity index (χ0) is 25.5. The topological polar surface area (TPSA) is 161 Å². The molecule has 0 aliphatic carbocycles. The van der Waals surface area contributed by atoms with Gasteiger partial charge in [-0.05, 0) is 55.3 Å². The van der Waals surface area contributed by atoms with Crippen LogP contribution in [0.15, 0.2) is 54.9 Å². The Hall–Kier alpha value is -3.56. The molecule has 0 aliphatic rings. The van der Waals surface area contributed by atoms with Crippen molar-refractivity contribution in [2.45, 2.75) is 19.9 Å². The quantitative estimate of drug-likeness (QED) is 0.111. The Labute approximate surface area is 208 Å². The van der Waals surface area contributed by atoms with Gasteiger partial charge in [0, 0.05) is 18.8 Å². The fraction of sp³-hybridized carbons (Fsp3) is 0.227. The summed E-state index contributed by atoms with van der Waals surface area (Å²) in [6.07, 6.45) is 2.38. The van der Waals surface area contributed by atoms with Gasteiger partial charge in [-0.2, -0.15) is 9.97 Å². The number of nitrogens with zero attached hydrogens (tertiary/aromatic N) is 4. The number of fused-ring (bicyclic) bond motifs is 1. The highest BCUT2D eigenvalue weighted by molar-refractivity contribution is 7.62. The Balaban J connectivity index is 1.57. The number of phenolic OH excluding ortho intramolecular Hbond substituents is 1. The molecular formula is C22H25N6O6P2+. The van der Waals surface area contributed by atoms with Crippen molar-refractivity contribution in [1.29, 1.82) is 0 Å². The molecule has 12 nitrogen and oxygen atoms in total. The molecule has 14 heteroatoms. The smallest absolute Gasteiger partial charge is 0.453 e. The van der Waals surface area contributed by atoms with Gasteiger partial charge in [0.25, 0.3) is 5.90 Å². The molecule has 0 radical (unpaired) electrons. The van der Waals surface area contributed by atoms with E-state index in [1.165, 1.54) is 12.1 Å². The van der Waals surface area contributed by atoms with E-state index >= 15 is 0 Å². The molecule has 4 rings (SSSR count). The van der Waals surface area contributed by atoms with Gasteiger partial charge in [0.2, 0.25) is 5.95 Å². The fourth-order valence-electron chi connectivity index (χ4n) is 3.45. The summed E-state index contributed by atoms with van der Waals surface area (Å²) in [6.45, 7) is 3.18. The van der Waals surface area contributed by atoms with Gasteiger partial charge in [-0.1, -0.05) is 16.7 Å². The highest BCUT2D eigenvalue weighted by Crippen LogP contribution is 2.49. The van der Waals surface area contributed by atoms with Crippen molar-refractivity contribution in [1.82, 2.24) is 19.5 Å². The molecule has 0 saturated carbocycles. The van der Waals surface area contributed by atoms with Gasteiger partial charge in [-0.3, -0.25) is 0 Å². The number of benzene rings is 2. The molecule has 2 aromatic heterocycles. The van der Waals surface area contributed by atoms with Gasteiger partial charge in [0.15, 0.2) is 17.0 Å². The molecule has 2 heterocycles. The molecule has 0 fully saturated rings. The van der Waals surface area contributed by atoms with Crippen LogP contribution in [0.1, 0.15) is 12.5 Å². The predicted octanol–water partition coefficient (Wildman–Crippen LogP) is 4.99. The van der Waals surface area contributed by atoms with Crippen LogP contribution in [0.25, 0.3) is 11.2 Å². The second-order valence-corrected chi connectivity index (χ2v) is 10.8. The Morgan fingerprint density at radius 3 is 2.67 bits per heavy atom. The summed E-state index contributed by atoms with van der Waals surface area (Å²) in [4.78, 5) is 13.7. The molecule has 0 bridgehead atoms. The van der Waals surface area contributed by atoms with E-state index in [1.807, 2.05) is 17.6 Å². The first-order valence-electron chi connectivity index (χ1n) is 11.0. The third kappa shape index (κ3) is 6.16. The first-order chi connectivity index (χ1) is 17.4. The zero-order valence-corrected chi connectivity index (χ0v) is 21.2. The molecule has 0 saturated heterocycles. The van der Waals surface area contributed by atoms with Crippen molar-refractivity contribution in [3.63, 3.8) is 0 Å². The maximum absolute atomic E-state index is 12.2. The fourth-order valence-corrected chi connectivity index (χ4v) is 5.04. The monoisotopic (exact) mass is 531 g/mol. The van der Waals surface area contributed by atoms with Crippen molar-refractivity contribution >= 4 is 44.7 Å². The summed E-state index contributed by atoms with van der Waals surface area (Å²) in [5.74, 6) is 0.890. The van der Waals surface area contributed by atoms with Crippen molar-refractivity contribution in [3.05, 3.63) is 60.4 Å². The van der Waals surface area contributed by atoms with Crippen LogP contribution in [0.2, 0.25) is 0 Å². The van der Waals surface area contributed by atoms with Gasteiger partial charge in [-0.25, -0.2) is 14.8 Å². The van der Waals surface area contributed by atoms with Gasteiger partial charge >= 0.3 is 16.1 Å². The minimum Gasteiger partial charge on any atom is -0.508 e. The lowest BCUT2D eigenvalue weighted by molar-refractivity contribution is -0.143. The van der Waals surface area contributed by atoms with E-state index in [0.717, 1.165) is 5.56 Å². The van der Waals surface area contributed by atoms with Crippen LogP contribution in [-0.4, -0.2) is 42.3 Å². The Bertz CT molecular complexity index is 1400. The van der Waals surface area contributed by atoms with Crippen molar-refractivity contribution < 1.29 is 28.7 Å². The molecule has 0 spiro atoms. The van der Waals surface area contributed by atoms with Crippen LogP contribution in [0.4, 0.5) is 17.5 Å². The molecule has 4 N–H and O–H groups in total. The number of hydrogen-bond donors (Lipinski definition) is 4. The molecular weight excluding hydrogens is 506 g/mol. The average molecular weight is 531 g/mol. The third-order valence-corrected chi connectivity index (χ3v) is 7.90. The second-order valence-electron chi connectivity index (χ2n) is 7.69. The summed E-state index contributed by atoms with van der Waals surface area (Å²) in [6, 6.07) is 13.5. The summed E-state index contributed by atoms with van der Waals surface area (Å²) < 4.78 is 34.0. The summed E-state index contributed by atoms with van der Waals surface area (Å²) in [7, 11) is -4.85. The lowest BCUT2D eigenvalue weighted by Crippen LogP contribution is -2.07. The van der Waals surface area contributed by atoms with E-state index in [1.54, 1.807) is 36.7 Å². The normalized spacial score (nSPS) is 12.9. The van der Waals surface area contributed by atoms with Gasteiger partial charge in [0.05, 0.1) is 6.33 Å². The molecule has 2 unspecified atom stereocenters. The molecule has 36 heavy (non-hydrogen) atoms. The van der Waals surface area contributed by atoms with E-state index in [2.05, 4.69) is 30.3 Å². The first-order valence-corrected chi connectivity index (χ1v) is 13.9. The lowest BCUT2D eigenvalue weighted by Gasteiger charge is -2.12. The number of hydrogen-bond acceptors (Lipinski definition) is 11. The Morgan fingerprint density at radius 2 is 1.97 bits per heavy atom. The maximum Gasteiger partial charge on any atom is 0.453 e. The number of anilines is 3. The van der Waals surface area contributed by atoms with Gasteiger partial charge < -0.3 is 24.8 Å². The van der Waals surface area contributed by atoms with Crippen molar-refractivity contribution in [2.24, 2.45) is 0 Å². The SMILES string of the molecule is CCNc1nc(Nc2ccc(OP(=O)(C[PH+]=O)OO)cc2)c2ncn(CCc3cccc(O)c3)c2n1. The number of aromatic hydroxyl groups is 1. The molecule has 0 amide bonds. The van der Waals surface area contributed by atoms with E-state index in [0.29, 0.717) is 48.1 Å². The highest BCUT2D eigenvalue weighted by Gasteiger charge is 2.31. The van der Waals surface area contributed by atoms with E-state index in [-0.39, 0.29) is 11.5 Å². The molecule has 2 aromatic carbocycles.